The molecule has 35 heavy (non-hydrogen) atoms. The zero-order chi connectivity index (χ0) is 25.3. The smallest absolute Gasteiger partial charge is 0.206 e. The van der Waals surface area contributed by atoms with Gasteiger partial charge in [0.1, 0.15) is 17.2 Å². The van der Waals surface area contributed by atoms with Crippen molar-refractivity contribution in [2.75, 3.05) is 0 Å². The van der Waals surface area contributed by atoms with E-state index >= 15 is 0 Å². The van der Waals surface area contributed by atoms with E-state index in [1.807, 2.05) is 0 Å². The molecule has 2 saturated carbocycles. The Hall–Kier alpha value is -1.39. The van der Waals surface area contributed by atoms with Crippen LogP contribution in [0.2, 0.25) is 0 Å². The Morgan fingerprint density at radius 1 is 0.714 bits per heavy atom. The quantitative estimate of drug-likeness (QED) is 0.162. The zero-order valence-corrected chi connectivity index (χ0v) is 21.3. The van der Waals surface area contributed by atoms with Crippen LogP contribution in [0.5, 0.6) is 0 Å². The first-order chi connectivity index (χ1) is 16.8. The summed E-state index contributed by atoms with van der Waals surface area (Å²) in [7, 11) is 0. The van der Waals surface area contributed by atoms with Crippen LogP contribution in [0.4, 0.5) is 22.0 Å². The molecule has 0 spiro atoms. The van der Waals surface area contributed by atoms with Crippen molar-refractivity contribution < 1.29 is 22.0 Å². The summed E-state index contributed by atoms with van der Waals surface area (Å²) in [5.41, 5.74) is -1.43. The van der Waals surface area contributed by atoms with Gasteiger partial charge in [-0.2, -0.15) is 13.2 Å². The number of halogens is 5. The Labute approximate surface area is 208 Å². The maximum absolute atomic E-state index is 14.0. The van der Waals surface area contributed by atoms with Crippen LogP contribution in [0.3, 0.4) is 0 Å². The minimum atomic E-state index is -5.01. The third-order valence-electron chi connectivity index (χ3n) is 8.35. The van der Waals surface area contributed by atoms with Crippen molar-refractivity contribution in [3.63, 3.8) is 0 Å². The summed E-state index contributed by atoms with van der Waals surface area (Å²) in [6.07, 6.45) is 19.3. The van der Waals surface area contributed by atoms with Crippen LogP contribution in [0.15, 0.2) is 24.3 Å². The van der Waals surface area contributed by atoms with Gasteiger partial charge in [-0.05, 0) is 92.7 Å². The molecule has 0 amide bonds. The molecule has 1 aromatic rings. The first-order valence-electron chi connectivity index (χ1n) is 14.0. The molecular weight excluding hydrogens is 455 g/mol. The largest absolute Gasteiger partial charge is 0.422 e. The minimum absolute atomic E-state index is 0.0759. The Morgan fingerprint density at radius 3 is 1.71 bits per heavy atom. The molecule has 2 aliphatic rings. The molecule has 1 aromatic carbocycles. The highest BCUT2D eigenvalue weighted by atomic mass is 19.4. The van der Waals surface area contributed by atoms with Crippen LogP contribution in [-0.4, -0.2) is 0 Å². The fraction of sp³-hybridized carbons (Fsp3) is 0.733. The second-order valence-corrected chi connectivity index (χ2v) is 11.0. The van der Waals surface area contributed by atoms with Gasteiger partial charge in [-0.3, -0.25) is 0 Å². The summed E-state index contributed by atoms with van der Waals surface area (Å²) in [5, 5.41) is 0. The molecule has 0 radical (unpaired) electrons. The molecule has 0 saturated heterocycles. The van der Waals surface area contributed by atoms with Gasteiger partial charge in [-0.15, -0.1) is 0 Å². The lowest BCUT2D eigenvalue weighted by Crippen LogP contribution is -2.16. The summed E-state index contributed by atoms with van der Waals surface area (Å²) >= 11 is 0. The highest BCUT2D eigenvalue weighted by molar-refractivity contribution is 5.31. The lowest BCUT2D eigenvalue weighted by atomic mass is 9.76. The fourth-order valence-electron chi connectivity index (χ4n) is 6.12. The topological polar surface area (TPSA) is 0 Å². The second-order valence-electron chi connectivity index (χ2n) is 11.0. The van der Waals surface area contributed by atoms with Crippen molar-refractivity contribution in [1.29, 1.82) is 0 Å². The average molecular weight is 499 g/mol. The molecule has 0 atom stereocenters. The van der Waals surface area contributed by atoms with Crippen LogP contribution in [0, 0.1) is 29.4 Å². The van der Waals surface area contributed by atoms with Crippen molar-refractivity contribution in [2.24, 2.45) is 17.8 Å². The summed E-state index contributed by atoms with van der Waals surface area (Å²) in [6, 6.07) is 1.77. The van der Waals surface area contributed by atoms with Gasteiger partial charge >= 0.3 is 6.18 Å². The van der Waals surface area contributed by atoms with E-state index in [0.717, 1.165) is 43.7 Å². The molecular formula is C30H43F5. The van der Waals surface area contributed by atoms with Gasteiger partial charge in [0.15, 0.2) is 0 Å². The highest BCUT2D eigenvalue weighted by Gasteiger charge is 2.38. The van der Waals surface area contributed by atoms with Crippen molar-refractivity contribution in [3.8, 4) is 0 Å². The Bertz CT molecular complexity index is 757. The molecule has 198 valence electrons. The maximum Gasteiger partial charge on any atom is 0.422 e. The predicted octanol–water partition coefficient (Wildman–Crippen LogP) is 10.8. The van der Waals surface area contributed by atoms with Gasteiger partial charge in [0, 0.05) is 0 Å². The van der Waals surface area contributed by atoms with Crippen LogP contribution in [0.1, 0.15) is 127 Å². The third-order valence-corrected chi connectivity index (χ3v) is 8.35. The summed E-state index contributed by atoms with van der Waals surface area (Å²) < 4.78 is 66.4. The highest BCUT2D eigenvalue weighted by Crippen LogP contribution is 2.40. The molecule has 0 heterocycles. The van der Waals surface area contributed by atoms with Crippen LogP contribution < -0.4 is 0 Å². The van der Waals surface area contributed by atoms with E-state index in [-0.39, 0.29) is 5.92 Å². The number of alkyl halides is 3. The van der Waals surface area contributed by atoms with E-state index in [1.54, 1.807) is 0 Å². The van der Waals surface area contributed by atoms with Gasteiger partial charge in [0.25, 0.3) is 0 Å². The molecule has 0 aromatic heterocycles. The van der Waals surface area contributed by atoms with E-state index in [9.17, 15) is 22.0 Å². The number of hydrogen-bond donors (Lipinski definition) is 0. The van der Waals surface area contributed by atoms with Gasteiger partial charge in [-0.1, -0.05) is 70.4 Å². The van der Waals surface area contributed by atoms with E-state index in [1.165, 1.54) is 77.0 Å². The Balaban J connectivity index is 1.35. The van der Waals surface area contributed by atoms with Crippen molar-refractivity contribution in [1.82, 2.24) is 0 Å². The summed E-state index contributed by atoms with van der Waals surface area (Å²) in [6.45, 7) is 2.26. The number of benzene rings is 1. The zero-order valence-electron chi connectivity index (χ0n) is 21.3. The van der Waals surface area contributed by atoms with E-state index < -0.39 is 23.4 Å². The molecule has 3 rings (SSSR count). The molecule has 0 aliphatic heterocycles. The predicted molar refractivity (Wildman–Crippen MR) is 133 cm³/mol. The fourth-order valence-corrected chi connectivity index (χ4v) is 6.12. The first-order valence-corrected chi connectivity index (χ1v) is 14.0. The van der Waals surface area contributed by atoms with Gasteiger partial charge in [0.05, 0.1) is 0 Å². The van der Waals surface area contributed by atoms with E-state index in [4.69, 9.17) is 0 Å². The van der Waals surface area contributed by atoms with Crippen LogP contribution >= 0.6 is 0 Å². The monoisotopic (exact) mass is 498 g/mol. The number of allylic oxidation sites excluding steroid dienone is 2. The lowest BCUT2D eigenvalue weighted by molar-refractivity contribution is -0.142. The van der Waals surface area contributed by atoms with Gasteiger partial charge < -0.3 is 0 Å². The Kier molecular flexibility index (Phi) is 11.1. The van der Waals surface area contributed by atoms with E-state index in [2.05, 4.69) is 19.1 Å². The molecule has 5 heteroatoms. The van der Waals surface area contributed by atoms with Crippen LogP contribution in [0.25, 0.3) is 0 Å². The van der Waals surface area contributed by atoms with Crippen LogP contribution in [-0.2, 0) is 6.18 Å². The SMILES string of the molecule is CCCCCCCCCC1CCC(/C=C/C2CCC(c3cc(F)c(C(F)(F)F)c(F)c3)CC2)CC1. The minimum Gasteiger partial charge on any atom is -0.206 e. The van der Waals surface area contributed by atoms with Crippen molar-refractivity contribution in [3.05, 3.63) is 47.0 Å². The average Bonchev–Trinajstić information content (AvgIpc) is 2.82. The second kappa shape index (κ2) is 13.8. The molecule has 2 aliphatic carbocycles. The molecule has 2 fully saturated rings. The summed E-state index contributed by atoms with van der Waals surface area (Å²) in [5.74, 6) is -1.06. The van der Waals surface area contributed by atoms with Gasteiger partial charge in [0.2, 0.25) is 0 Å². The molecule has 0 unspecified atom stereocenters. The van der Waals surface area contributed by atoms with Gasteiger partial charge in [-0.25, -0.2) is 8.78 Å². The number of hydrogen-bond acceptors (Lipinski definition) is 0. The Morgan fingerprint density at radius 2 is 1.20 bits per heavy atom. The molecule has 0 N–H and O–H groups in total. The van der Waals surface area contributed by atoms with E-state index in [0.29, 0.717) is 17.4 Å². The molecule has 0 bridgehead atoms. The van der Waals surface area contributed by atoms with Crippen molar-refractivity contribution in [2.45, 2.75) is 122 Å². The number of unbranched alkanes of at least 4 members (excludes halogenated alkanes) is 6. The maximum atomic E-state index is 14.0. The van der Waals surface area contributed by atoms with Crippen molar-refractivity contribution >= 4 is 0 Å². The number of rotatable bonds is 11. The third kappa shape index (κ3) is 8.89. The molecule has 0 nitrogen and oxygen atoms in total. The standard InChI is InChI=1S/C30H43F5/c1-2-3-4-5-6-7-8-9-22-10-12-23(13-11-22)14-15-24-16-18-25(19-17-24)26-20-27(31)29(28(32)21-26)30(33,34)35/h14-15,20-25H,2-13,16-19H2,1H3/b15-14+. The first kappa shape index (κ1) is 28.2. The lowest BCUT2D eigenvalue weighted by Gasteiger charge is -2.29. The summed E-state index contributed by atoms with van der Waals surface area (Å²) in [4.78, 5) is 0. The normalized spacial score (nSPS) is 25.9.